The predicted molar refractivity (Wildman–Crippen MR) is 89.1 cm³/mol. The number of carbonyl (C=O) groups is 2. The zero-order valence-corrected chi connectivity index (χ0v) is 13.3. The van der Waals surface area contributed by atoms with Crippen molar-refractivity contribution in [1.82, 2.24) is 15.6 Å². The van der Waals surface area contributed by atoms with Gasteiger partial charge in [0.15, 0.2) is 0 Å². The monoisotopic (exact) mass is 326 g/mol. The summed E-state index contributed by atoms with van der Waals surface area (Å²) in [5.41, 5.74) is 3.04. The van der Waals surface area contributed by atoms with E-state index in [1.807, 2.05) is 12.1 Å². The van der Waals surface area contributed by atoms with Crippen LogP contribution in [0.15, 0.2) is 36.5 Å². The SMILES string of the molecule is COc1ccc(CNC(=O)Nc2ccc3c(c2)C(=O)NCC3)cn1. The third kappa shape index (κ3) is 3.62. The van der Waals surface area contributed by atoms with Gasteiger partial charge in [-0.3, -0.25) is 4.79 Å². The lowest BCUT2D eigenvalue weighted by molar-refractivity contribution is 0.0946. The molecule has 2 heterocycles. The first-order valence-corrected chi connectivity index (χ1v) is 7.60. The van der Waals surface area contributed by atoms with Gasteiger partial charge in [0.25, 0.3) is 5.91 Å². The van der Waals surface area contributed by atoms with Gasteiger partial charge in [0.2, 0.25) is 5.88 Å². The molecule has 0 aliphatic carbocycles. The molecule has 0 spiro atoms. The first-order valence-electron chi connectivity index (χ1n) is 7.60. The molecular formula is C17H18N4O3. The van der Waals surface area contributed by atoms with Crippen LogP contribution in [0.3, 0.4) is 0 Å². The number of hydrogen-bond donors (Lipinski definition) is 3. The van der Waals surface area contributed by atoms with E-state index in [2.05, 4.69) is 20.9 Å². The third-order valence-corrected chi connectivity index (χ3v) is 3.75. The number of urea groups is 1. The minimum atomic E-state index is -0.345. The van der Waals surface area contributed by atoms with E-state index in [0.717, 1.165) is 17.5 Å². The number of ether oxygens (including phenoxy) is 1. The van der Waals surface area contributed by atoms with Gasteiger partial charge in [-0.05, 0) is 29.7 Å². The van der Waals surface area contributed by atoms with Gasteiger partial charge in [0.1, 0.15) is 0 Å². The molecule has 3 rings (SSSR count). The van der Waals surface area contributed by atoms with Crippen LogP contribution in [0.4, 0.5) is 10.5 Å². The summed E-state index contributed by atoms with van der Waals surface area (Å²) in [5.74, 6) is 0.417. The van der Waals surface area contributed by atoms with Gasteiger partial charge in [-0.15, -0.1) is 0 Å². The molecule has 3 amide bonds. The van der Waals surface area contributed by atoms with Crippen LogP contribution < -0.4 is 20.7 Å². The highest BCUT2D eigenvalue weighted by atomic mass is 16.5. The number of anilines is 1. The molecule has 1 aromatic heterocycles. The van der Waals surface area contributed by atoms with E-state index in [9.17, 15) is 9.59 Å². The highest BCUT2D eigenvalue weighted by molar-refractivity contribution is 5.99. The van der Waals surface area contributed by atoms with E-state index < -0.39 is 0 Å². The maximum absolute atomic E-state index is 12.0. The number of nitrogens with one attached hydrogen (secondary N) is 3. The van der Waals surface area contributed by atoms with Crippen molar-refractivity contribution in [2.45, 2.75) is 13.0 Å². The molecule has 1 aromatic carbocycles. The van der Waals surface area contributed by atoms with Crippen LogP contribution in [0.25, 0.3) is 0 Å². The number of fused-ring (bicyclic) bond motifs is 1. The number of amides is 3. The molecular weight excluding hydrogens is 308 g/mol. The van der Waals surface area contributed by atoms with Crippen LogP contribution in [0.5, 0.6) is 5.88 Å². The van der Waals surface area contributed by atoms with Gasteiger partial charge in [-0.1, -0.05) is 12.1 Å². The van der Waals surface area contributed by atoms with Crippen LogP contribution in [0, 0.1) is 0 Å². The average molecular weight is 326 g/mol. The topological polar surface area (TPSA) is 92.4 Å². The summed E-state index contributed by atoms with van der Waals surface area (Å²) in [5, 5.41) is 8.27. The molecule has 7 nitrogen and oxygen atoms in total. The second-order valence-corrected chi connectivity index (χ2v) is 5.39. The molecule has 0 saturated heterocycles. The molecule has 3 N–H and O–H groups in total. The van der Waals surface area contributed by atoms with Crippen LogP contribution in [0.1, 0.15) is 21.5 Å². The van der Waals surface area contributed by atoms with Crippen LogP contribution in [-0.2, 0) is 13.0 Å². The van der Waals surface area contributed by atoms with Crippen molar-refractivity contribution < 1.29 is 14.3 Å². The van der Waals surface area contributed by atoms with Crippen LogP contribution >= 0.6 is 0 Å². The standard InChI is InChI=1S/C17H18N4O3/c1-24-15-5-2-11(9-19-15)10-20-17(23)21-13-4-3-12-6-7-18-16(22)14(12)8-13/h2-5,8-9H,6-7,10H2,1H3,(H,18,22)(H2,20,21,23). The largest absolute Gasteiger partial charge is 0.481 e. The third-order valence-electron chi connectivity index (χ3n) is 3.75. The van der Waals surface area contributed by atoms with Crippen molar-refractivity contribution in [2.24, 2.45) is 0 Å². The second-order valence-electron chi connectivity index (χ2n) is 5.39. The molecule has 1 aliphatic rings. The number of aromatic nitrogens is 1. The fourth-order valence-electron chi connectivity index (χ4n) is 2.48. The quantitative estimate of drug-likeness (QED) is 0.797. The Morgan fingerprint density at radius 1 is 1.33 bits per heavy atom. The molecule has 0 unspecified atom stereocenters. The van der Waals surface area contributed by atoms with Crippen LogP contribution in [-0.4, -0.2) is 30.6 Å². The van der Waals surface area contributed by atoms with Gasteiger partial charge in [-0.25, -0.2) is 9.78 Å². The molecule has 0 fully saturated rings. The molecule has 1 aliphatic heterocycles. The molecule has 2 aromatic rings. The van der Waals surface area contributed by atoms with Gasteiger partial charge in [0.05, 0.1) is 7.11 Å². The Labute approximate surface area is 139 Å². The van der Waals surface area contributed by atoms with E-state index in [-0.39, 0.29) is 11.9 Å². The van der Waals surface area contributed by atoms with Crippen molar-refractivity contribution in [1.29, 1.82) is 0 Å². The Kier molecular flexibility index (Phi) is 4.60. The van der Waals surface area contributed by atoms with Crippen molar-refractivity contribution in [2.75, 3.05) is 19.0 Å². The van der Waals surface area contributed by atoms with Gasteiger partial charge >= 0.3 is 6.03 Å². The molecule has 24 heavy (non-hydrogen) atoms. The van der Waals surface area contributed by atoms with Gasteiger partial charge in [-0.2, -0.15) is 0 Å². The lowest BCUT2D eigenvalue weighted by atomic mass is 10.00. The highest BCUT2D eigenvalue weighted by Gasteiger charge is 2.17. The van der Waals surface area contributed by atoms with E-state index >= 15 is 0 Å². The number of methoxy groups -OCH3 is 1. The van der Waals surface area contributed by atoms with Crippen molar-refractivity contribution in [3.05, 3.63) is 53.2 Å². The first kappa shape index (κ1) is 15.8. The molecule has 124 valence electrons. The lowest BCUT2D eigenvalue weighted by Gasteiger charge is -2.17. The molecule has 7 heteroatoms. The van der Waals surface area contributed by atoms with E-state index in [1.54, 1.807) is 31.5 Å². The Morgan fingerprint density at radius 3 is 2.96 bits per heavy atom. The number of rotatable bonds is 4. The predicted octanol–water partition coefficient (Wildman–Crippen LogP) is 1.70. The molecule has 0 radical (unpaired) electrons. The summed E-state index contributed by atoms with van der Waals surface area (Å²) in [4.78, 5) is 27.9. The second kappa shape index (κ2) is 6.99. The maximum Gasteiger partial charge on any atom is 0.319 e. The Balaban J connectivity index is 1.58. The summed E-state index contributed by atoms with van der Waals surface area (Å²) >= 11 is 0. The lowest BCUT2D eigenvalue weighted by Crippen LogP contribution is -2.32. The van der Waals surface area contributed by atoms with Crippen molar-refractivity contribution >= 4 is 17.6 Å². The number of benzene rings is 1. The number of pyridine rings is 1. The summed E-state index contributed by atoms with van der Waals surface area (Å²) < 4.78 is 4.98. The molecule has 0 atom stereocenters. The van der Waals surface area contributed by atoms with Crippen LogP contribution in [0.2, 0.25) is 0 Å². The highest BCUT2D eigenvalue weighted by Crippen LogP contribution is 2.19. The van der Waals surface area contributed by atoms with Crippen molar-refractivity contribution in [3.8, 4) is 5.88 Å². The zero-order chi connectivity index (χ0) is 16.9. The first-order chi connectivity index (χ1) is 11.7. The molecule has 0 saturated carbocycles. The normalized spacial score (nSPS) is 12.8. The smallest absolute Gasteiger partial charge is 0.319 e. The Bertz CT molecular complexity index is 759. The summed E-state index contributed by atoms with van der Waals surface area (Å²) in [6.45, 7) is 0.989. The minimum absolute atomic E-state index is 0.107. The van der Waals surface area contributed by atoms with Gasteiger partial charge in [0, 0.05) is 36.6 Å². The summed E-state index contributed by atoms with van der Waals surface area (Å²) in [6.07, 6.45) is 2.44. The van der Waals surface area contributed by atoms with E-state index in [1.165, 1.54) is 0 Å². The number of hydrogen-bond acceptors (Lipinski definition) is 4. The Morgan fingerprint density at radius 2 is 2.21 bits per heavy atom. The van der Waals surface area contributed by atoms with E-state index in [4.69, 9.17) is 4.74 Å². The van der Waals surface area contributed by atoms with E-state index in [0.29, 0.717) is 30.2 Å². The number of carbonyl (C=O) groups excluding carboxylic acids is 2. The van der Waals surface area contributed by atoms with Gasteiger partial charge < -0.3 is 20.7 Å². The summed E-state index contributed by atoms with van der Waals surface area (Å²) in [7, 11) is 1.55. The average Bonchev–Trinajstić information content (AvgIpc) is 2.61. The number of nitrogens with zero attached hydrogens (tertiary/aromatic N) is 1. The minimum Gasteiger partial charge on any atom is -0.481 e. The fourth-order valence-corrected chi connectivity index (χ4v) is 2.48. The zero-order valence-electron chi connectivity index (χ0n) is 13.3. The molecule has 0 bridgehead atoms. The Hall–Kier alpha value is -3.09. The fraction of sp³-hybridized carbons (Fsp3) is 0.235. The summed E-state index contributed by atoms with van der Waals surface area (Å²) in [6, 6.07) is 8.58. The maximum atomic E-state index is 12.0. The van der Waals surface area contributed by atoms with Crippen molar-refractivity contribution in [3.63, 3.8) is 0 Å².